The van der Waals surface area contributed by atoms with Crippen molar-refractivity contribution in [1.82, 2.24) is 9.55 Å². The molecule has 1 aromatic heterocycles. The van der Waals surface area contributed by atoms with Crippen molar-refractivity contribution < 1.29 is 13.5 Å². The first kappa shape index (κ1) is 13.4. The summed E-state index contributed by atoms with van der Waals surface area (Å²) in [5, 5.41) is 9.27. The van der Waals surface area contributed by atoms with Gasteiger partial charge in [0.15, 0.2) is 5.03 Å². The maximum Gasteiger partial charge on any atom is 0.280 e. The van der Waals surface area contributed by atoms with Crippen LogP contribution in [0.1, 0.15) is 12.5 Å². The number of aromatic nitrogens is 2. The monoisotopic (exact) mass is 281 g/mol. The van der Waals surface area contributed by atoms with Crippen molar-refractivity contribution >= 4 is 15.7 Å². The lowest BCUT2D eigenvalue weighted by Crippen LogP contribution is -2.14. The first-order valence-electron chi connectivity index (χ1n) is 5.76. The van der Waals surface area contributed by atoms with Crippen LogP contribution in [-0.4, -0.2) is 23.1 Å². The normalized spacial score (nSPS) is 11.5. The molecule has 0 aliphatic heterocycles. The van der Waals surface area contributed by atoms with E-state index in [4.69, 9.17) is 0 Å². The Kier molecular flexibility index (Phi) is 3.48. The Labute approximate surface area is 111 Å². The molecule has 2 N–H and O–H groups in total. The summed E-state index contributed by atoms with van der Waals surface area (Å²) in [6.07, 6.45) is 2.94. The van der Waals surface area contributed by atoms with E-state index in [9.17, 15) is 13.5 Å². The fourth-order valence-electron chi connectivity index (χ4n) is 1.61. The zero-order valence-electron chi connectivity index (χ0n) is 10.7. The number of aromatic hydroxyl groups is 1. The quantitative estimate of drug-likeness (QED) is 0.836. The first-order valence-corrected chi connectivity index (χ1v) is 7.25. The number of anilines is 1. The van der Waals surface area contributed by atoms with Crippen molar-refractivity contribution in [3.63, 3.8) is 0 Å². The molecule has 0 amide bonds. The summed E-state index contributed by atoms with van der Waals surface area (Å²) in [5.41, 5.74) is 1.06. The molecule has 2 rings (SSSR count). The predicted octanol–water partition coefficient (Wildman–Crippen LogP) is 1.72. The van der Waals surface area contributed by atoms with Crippen molar-refractivity contribution in [2.24, 2.45) is 0 Å². The Morgan fingerprint density at radius 2 is 2.16 bits per heavy atom. The molecule has 0 atom stereocenters. The standard InChI is InChI=1S/C12H15N3O3S/c1-3-15-7-12(13-8-15)19(17,18)14-11-5-4-10(16)6-9(11)2/h4-8,14,16H,3H2,1-2H3. The minimum atomic E-state index is -3.70. The van der Waals surface area contributed by atoms with Crippen molar-refractivity contribution in [3.05, 3.63) is 36.3 Å². The van der Waals surface area contributed by atoms with Gasteiger partial charge >= 0.3 is 0 Å². The van der Waals surface area contributed by atoms with Crippen molar-refractivity contribution in [3.8, 4) is 5.75 Å². The second-order valence-corrected chi connectivity index (χ2v) is 5.78. The first-order chi connectivity index (χ1) is 8.92. The molecule has 0 unspecified atom stereocenters. The molecule has 0 saturated heterocycles. The van der Waals surface area contributed by atoms with Gasteiger partial charge in [0.1, 0.15) is 5.75 Å². The average Bonchev–Trinajstić information content (AvgIpc) is 2.82. The highest BCUT2D eigenvalue weighted by atomic mass is 32.2. The number of phenols is 1. The third-order valence-electron chi connectivity index (χ3n) is 2.70. The Bertz CT molecular complexity index is 692. The number of sulfonamides is 1. The third kappa shape index (κ3) is 2.87. The van der Waals surface area contributed by atoms with Gasteiger partial charge in [-0.25, -0.2) is 4.98 Å². The number of imidazole rings is 1. The predicted molar refractivity (Wildman–Crippen MR) is 71.6 cm³/mol. The molecule has 0 aliphatic carbocycles. The number of aryl methyl sites for hydroxylation is 2. The molecule has 1 heterocycles. The molecule has 0 saturated carbocycles. The fraction of sp³-hybridized carbons (Fsp3) is 0.250. The Balaban J connectivity index is 2.30. The summed E-state index contributed by atoms with van der Waals surface area (Å²) in [6.45, 7) is 4.26. The summed E-state index contributed by atoms with van der Waals surface area (Å²) < 4.78 is 28.4. The van der Waals surface area contributed by atoms with Gasteiger partial charge in [-0.05, 0) is 37.6 Å². The van der Waals surface area contributed by atoms with Crippen LogP contribution in [0.5, 0.6) is 5.75 Å². The van der Waals surface area contributed by atoms with Crippen LogP contribution in [0.15, 0.2) is 35.7 Å². The number of nitrogens with one attached hydrogen (secondary N) is 1. The minimum Gasteiger partial charge on any atom is -0.508 e. The molecule has 1 aromatic carbocycles. The van der Waals surface area contributed by atoms with Crippen LogP contribution in [0.2, 0.25) is 0 Å². The molecule has 19 heavy (non-hydrogen) atoms. The molecule has 102 valence electrons. The molecule has 0 bridgehead atoms. The van der Waals surface area contributed by atoms with E-state index in [1.807, 2.05) is 6.92 Å². The number of hydrogen-bond donors (Lipinski definition) is 2. The van der Waals surface area contributed by atoms with Crippen LogP contribution in [0.3, 0.4) is 0 Å². The van der Waals surface area contributed by atoms with Gasteiger partial charge in [-0.1, -0.05) is 0 Å². The maximum absolute atomic E-state index is 12.1. The smallest absolute Gasteiger partial charge is 0.280 e. The molecule has 2 aromatic rings. The van der Waals surface area contributed by atoms with Gasteiger partial charge in [0.2, 0.25) is 0 Å². The van der Waals surface area contributed by atoms with Gasteiger partial charge in [-0.2, -0.15) is 8.42 Å². The van der Waals surface area contributed by atoms with Crippen molar-refractivity contribution in [1.29, 1.82) is 0 Å². The molecule has 6 nitrogen and oxygen atoms in total. The molecule has 0 spiro atoms. The Morgan fingerprint density at radius 1 is 1.42 bits per heavy atom. The van der Waals surface area contributed by atoms with E-state index in [1.54, 1.807) is 11.5 Å². The van der Waals surface area contributed by atoms with Crippen molar-refractivity contribution in [2.45, 2.75) is 25.4 Å². The number of phenolic OH excluding ortho intramolecular Hbond substituents is 1. The highest BCUT2D eigenvalue weighted by Gasteiger charge is 2.18. The van der Waals surface area contributed by atoms with Gasteiger partial charge in [-0.3, -0.25) is 4.72 Å². The Hall–Kier alpha value is -2.02. The summed E-state index contributed by atoms with van der Waals surface area (Å²) >= 11 is 0. The lowest BCUT2D eigenvalue weighted by Gasteiger charge is -2.08. The Morgan fingerprint density at radius 3 is 2.74 bits per heavy atom. The topological polar surface area (TPSA) is 84.2 Å². The van der Waals surface area contributed by atoms with Crippen molar-refractivity contribution in [2.75, 3.05) is 4.72 Å². The summed E-state index contributed by atoms with van der Waals surface area (Å²) in [7, 11) is -3.70. The van der Waals surface area contributed by atoms with E-state index in [-0.39, 0.29) is 10.8 Å². The highest BCUT2D eigenvalue weighted by Crippen LogP contribution is 2.22. The van der Waals surface area contributed by atoms with Crippen LogP contribution >= 0.6 is 0 Å². The zero-order chi connectivity index (χ0) is 14.0. The van der Waals surface area contributed by atoms with Crippen LogP contribution in [-0.2, 0) is 16.6 Å². The van der Waals surface area contributed by atoms with E-state index in [0.29, 0.717) is 17.8 Å². The molecular formula is C12H15N3O3S. The van der Waals surface area contributed by atoms with E-state index in [0.717, 1.165) is 0 Å². The number of benzene rings is 1. The molecular weight excluding hydrogens is 266 g/mol. The van der Waals surface area contributed by atoms with Gasteiger partial charge in [-0.15, -0.1) is 0 Å². The summed E-state index contributed by atoms with van der Waals surface area (Å²) in [5.74, 6) is 0.0932. The van der Waals surface area contributed by atoms with Gasteiger partial charge in [0.25, 0.3) is 10.0 Å². The minimum absolute atomic E-state index is 0.0261. The van der Waals surface area contributed by atoms with Gasteiger partial charge in [0.05, 0.1) is 12.0 Å². The maximum atomic E-state index is 12.1. The largest absolute Gasteiger partial charge is 0.508 e. The van der Waals surface area contributed by atoms with Crippen LogP contribution in [0.4, 0.5) is 5.69 Å². The van der Waals surface area contributed by atoms with E-state index in [2.05, 4.69) is 9.71 Å². The molecule has 0 aliphatic rings. The average molecular weight is 281 g/mol. The number of rotatable bonds is 4. The lowest BCUT2D eigenvalue weighted by atomic mass is 10.2. The zero-order valence-corrected chi connectivity index (χ0v) is 11.5. The van der Waals surface area contributed by atoms with Crippen LogP contribution < -0.4 is 4.72 Å². The summed E-state index contributed by atoms with van der Waals surface area (Å²) in [6, 6.07) is 4.43. The second kappa shape index (κ2) is 4.93. The number of hydrogen-bond acceptors (Lipinski definition) is 4. The molecule has 7 heteroatoms. The molecule has 0 radical (unpaired) electrons. The molecule has 0 fully saturated rings. The van der Waals surface area contributed by atoms with Gasteiger partial charge < -0.3 is 9.67 Å². The second-order valence-electron chi connectivity index (χ2n) is 4.15. The van der Waals surface area contributed by atoms with E-state index in [1.165, 1.54) is 30.7 Å². The summed E-state index contributed by atoms with van der Waals surface area (Å²) in [4.78, 5) is 3.87. The van der Waals surface area contributed by atoms with Gasteiger partial charge in [0, 0.05) is 12.7 Å². The lowest BCUT2D eigenvalue weighted by molar-refractivity contribution is 0.475. The van der Waals surface area contributed by atoms with E-state index < -0.39 is 10.0 Å². The fourth-order valence-corrected chi connectivity index (χ4v) is 2.69. The highest BCUT2D eigenvalue weighted by molar-refractivity contribution is 7.92. The van der Waals surface area contributed by atoms with E-state index >= 15 is 0 Å². The van der Waals surface area contributed by atoms with Crippen LogP contribution in [0, 0.1) is 6.92 Å². The van der Waals surface area contributed by atoms with Crippen LogP contribution in [0.25, 0.3) is 0 Å². The number of nitrogens with zero attached hydrogens (tertiary/aromatic N) is 2. The third-order valence-corrected chi connectivity index (χ3v) is 3.95. The SMILES string of the molecule is CCn1cnc(S(=O)(=O)Nc2ccc(O)cc2C)c1.